The largest absolute Gasteiger partial charge is 0.484 e. The number of aromatic nitrogens is 1. The van der Waals surface area contributed by atoms with Crippen LogP contribution >= 0.6 is 22.9 Å². The van der Waals surface area contributed by atoms with Crippen molar-refractivity contribution in [2.24, 2.45) is 0 Å². The Morgan fingerprint density at radius 2 is 2.16 bits per heavy atom. The lowest BCUT2D eigenvalue weighted by atomic mass is 10.1. The summed E-state index contributed by atoms with van der Waals surface area (Å²) in [5.74, 6) is 0.889. The summed E-state index contributed by atoms with van der Waals surface area (Å²) in [5, 5.41) is 5.73. The number of nitrogens with one attached hydrogen (secondary N) is 1. The maximum atomic E-state index is 12.3. The van der Waals surface area contributed by atoms with Crippen LogP contribution in [0.25, 0.3) is 11.3 Å². The lowest BCUT2D eigenvalue weighted by Gasteiger charge is -2.29. The van der Waals surface area contributed by atoms with Crippen molar-refractivity contribution in [1.82, 2.24) is 4.98 Å². The molecule has 2 aromatic carbocycles. The SMILES string of the molecule is CCCN1C(=O)COc2ccc(-c3csc(NC(=O)COc4ccc(Cl)c(C)c4)n3)cc21. The molecule has 0 radical (unpaired) electrons. The van der Waals surface area contributed by atoms with Crippen molar-refractivity contribution in [3.63, 3.8) is 0 Å². The number of hydrogen-bond acceptors (Lipinski definition) is 6. The van der Waals surface area contributed by atoms with Crippen LogP contribution in [0, 0.1) is 6.92 Å². The monoisotopic (exact) mass is 471 g/mol. The molecule has 32 heavy (non-hydrogen) atoms. The van der Waals surface area contributed by atoms with E-state index in [1.807, 2.05) is 37.4 Å². The second-order valence-corrected chi connectivity index (χ2v) is 8.57. The molecular formula is C23H22ClN3O4S. The van der Waals surface area contributed by atoms with Crippen molar-refractivity contribution >= 4 is 45.6 Å². The van der Waals surface area contributed by atoms with Crippen LogP contribution in [-0.4, -0.2) is 36.6 Å². The van der Waals surface area contributed by atoms with Gasteiger partial charge in [-0.05, 0) is 55.3 Å². The van der Waals surface area contributed by atoms with Crippen molar-refractivity contribution in [3.8, 4) is 22.8 Å². The predicted octanol–water partition coefficient (Wildman–Crippen LogP) is 4.92. The molecule has 0 bridgehead atoms. The number of thiazole rings is 1. The Morgan fingerprint density at radius 1 is 1.31 bits per heavy atom. The van der Waals surface area contributed by atoms with Crippen molar-refractivity contribution < 1.29 is 19.1 Å². The molecule has 0 atom stereocenters. The molecule has 0 spiro atoms. The van der Waals surface area contributed by atoms with Gasteiger partial charge in [-0.2, -0.15) is 0 Å². The number of benzene rings is 2. The van der Waals surface area contributed by atoms with E-state index in [1.54, 1.807) is 23.1 Å². The molecule has 0 unspecified atom stereocenters. The number of carbonyl (C=O) groups excluding carboxylic acids is 2. The Bertz CT molecular complexity index is 1160. The van der Waals surface area contributed by atoms with Gasteiger partial charge in [-0.25, -0.2) is 4.98 Å². The smallest absolute Gasteiger partial charge is 0.265 e. The predicted molar refractivity (Wildman–Crippen MR) is 126 cm³/mol. The van der Waals surface area contributed by atoms with Crippen LogP contribution in [0.2, 0.25) is 5.02 Å². The molecule has 4 rings (SSSR count). The average Bonchev–Trinajstić information content (AvgIpc) is 3.24. The van der Waals surface area contributed by atoms with Crippen LogP contribution in [0.1, 0.15) is 18.9 Å². The number of ether oxygens (including phenoxy) is 2. The van der Waals surface area contributed by atoms with E-state index in [0.717, 1.165) is 23.2 Å². The summed E-state index contributed by atoms with van der Waals surface area (Å²) in [5.41, 5.74) is 3.17. The number of aryl methyl sites for hydroxylation is 1. The highest BCUT2D eigenvalue weighted by molar-refractivity contribution is 7.14. The van der Waals surface area contributed by atoms with Gasteiger partial charge in [0.1, 0.15) is 11.5 Å². The number of fused-ring (bicyclic) bond motifs is 1. The summed E-state index contributed by atoms with van der Waals surface area (Å²) < 4.78 is 11.1. The van der Waals surface area contributed by atoms with Gasteiger partial charge < -0.3 is 14.4 Å². The zero-order valence-electron chi connectivity index (χ0n) is 17.7. The quantitative estimate of drug-likeness (QED) is 0.528. The molecule has 1 aliphatic rings. The van der Waals surface area contributed by atoms with E-state index in [1.165, 1.54) is 11.3 Å². The van der Waals surface area contributed by atoms with Crippen molar-refractivity contribution in [1.29, 1.82) is 0 Å². The first kappa shape index (κ1) is 22.1. The summed E-state index contributed by atoms with van der Waals surface area (Å²) in [6, 6.07) is 10.9. The minimum Gasteiger partial charge on any atom is -0.484 e. The summed E-state index contributed by atoms with van der Waals surface area (Å²) >= 11 is 7.33. The number of amides is 2. The molecule has 0 aliphatic carbocycles. The van der Waals surface area contributed by atoms with Gasteiger partial charge in [-0.15, -0.1) is 11.3 Å². The minimum absolute atomic E-state index is 0.0525. The highest BCUT2D eigenvalue weighted by atomic mass is 35.5. The Kier molecular flexibility index (Phi) is 6.62. The molecule has 9 heteroatoms. The Hall–Kier alpha value is -3.10. The summed E-state index contributed by atoms with van der Waals surface area (Å²) in [7, 11) is 0. The lowest BCUT2D eigenvalue weighted by molar-refractivity contribution is -0.121. The van der Waals surface area contributed by atoms with Crippen LogP contribution < -0.4 is 19.7 Å². The second kappa shape index (κ2) is 9.58. The highest BCUT2D eigenvalue weighted by Crippen LogP contribution is 2.36. The molecule has 2 amide bonds. The molecule has 0 fully saturated rings. The first-order valence-corrected chi connectivity index (χ1v) is 11.4. The zero-order chi connectivity index (χ0) is 22.7. The summed E-state index contributed by atoms with van der Waals surface area (Å²) in [4.78, 5) is 30.8. The van der Waals surface area contributed by atoms with E-state index < -0.39 is 0 Å². The molecular weight excluding hydrogens is 450 g/mol. The van der Waals surface area contributed by atoms with Gasteiger partial charge in [0.25, 0.3) is 11.8 Å². The van der Waals surface area contributed by atoms with Crippen molar-refractivity contribution in [2.45, 2.75) is 20.3 Å². The number of carbonyl (C=O) groups is 2. The van der Waals surface area contributed by atoms with Gasteiger partial charge in [0.05, 0.1) is 11.4 Å². The Labute approximate surface area is 194 Å². The zero-order valence-corrected chi connectivity index (χ0v) is 19.3. The first-order valence-electron chi connectivity index (χ1n) is 10.2. The fourth-order valence-electron chi connectivity index (χ4n) is 3.31. The van der Waals surface area contributed by atoms with Crippen LogP contribution in [0.5, 0.6) is 11.5 Å². The van der Waals surface area contributed by atoms with E-state index in [0.29, 0.717) is 33.9 Å². The van der Waals surface area contributed by atoms with E-state index in [2.05, 4.69) is 10.3 Å². The number of halogens is 1. The molecule has 1 aromatic heterocycles. The third kappa shape index (κ3) is 4.87. The van der Waals surface area contributed by atoms with Crippen LogP contribution in [0.3, 0.4) is 0 Å². The second-order valence-electron chi connectivity index (χ2n) is 7.30. The van der Waals surface area contributed by atoms with E-state index in [9.17, 15) is 9.59 Å². The Balaban J connectivity index is 1.43. The van der Waals surface area contributed by atoms with Gasteiger partial charge in [0.15, 0.2) is 18.3 Å². The third-order valence-electron chi connectivity index (χ3n) is 4.89. The summed E-state index contributed by atoms with van der Waals surface area (Å²) in [6.45, 7) is 4.44. The maximum absolute atomic E-state index is 12.3. The summed E-state index contributed by atoms with van der Waals surface area (Å²) in [6.07, 6.45) is 0.847. The fraction of sp³-hybridized carbons (Fsp3) is 0.261. The van der Waals surface area contributed by atoms with Gasteiger partial charge in [-0.3, -0.25) is 14.9 Å². The lowest BCUT2D eigenvalue weighted by Crippen LogP contribution is -2.39. The van der Waals surface area contributed by atoms with Crippen LogP contribution in [0.15, 0.2) is 41.8 Å². The maximum Gasteiger partial charge on any atom is 0.265 e. The Morgan fingerprint density at radius 3 is 2.94 bits per heavy atom. The van der Waals surface area contributed by atoms with Crippen molar-refractivity contribution in [2.75, 3.05) is 30.0 Å². The topological polar surface area (TPSA) is 80.8 Å². The molecule has 7 nitrogen and oxygen atoms in total. The average molecular weight is 472 g/mol. The highest BCUT2D eigenvalue weighted by Gasteiger charge is 2.25. The number of anilines is 2. The van der Waals surface area contributed by atoms with Gasteiger partial charge in [-0.1, -0.05) is 18.5 Å². The van der Waals surface area contributed by atoms with Gasteiger partial charge >= 0.3 is 0 Å². The van der Waals surface area contributed by atoms with Crippen LogP contribution in [0.4, 0.5) is 10.8 Å². The normalized spacial score (nSPS) is 12.8. The number of rotatable bonds is 7. The van der Waals surface area contributed by atoms with E-state index >= 15 is 0 Å². The molecule has 166 valence electrons. The molecule has 0 saturated carbocycles. The molecule has 3 aromatic rings. The van der Waals surface area contributed by atoms with Gasteiger partial charge in [0.2, 0.25) is 0 Å². The van der Waals surface area contributed by atoms with Gasteiger partial charge in [0, 0.05) is 22.5 Å². The van der Waals surface area contributed by atoms with E-state index in [4.69, 9.17) is 21.1 Å². The fourth-order valence-corrected chi connectivity index (χ4v) is 4.16. The number of nitrogens with zero attached hydrogens (tertiary/aromatic N) is 2. The van der Waals surface area contributed by atoms with Crippen molar-refractivity contribution in [3.05, 3.63) is 52.4 Å². The molecule has 0 saturated heterocycles. The number of hydrogen-bond donors (Lipinski definition) is 1. The van der Waals surface area contributed by atoms with Crippen LogP contribution in [-0.2, 0) is 9.59 Å². The molecule has 2 heterocycles. The minimum atomic E-state index is -0.308. The third-order valence-corrected chi connectivity index (χ3v) is 6.08. The molecule has 1 N–H and O–H groups in total. The standard InChI is InChI=1S/C23H22ClN3O4S/c1-3-8-27-19-10-15(4-7-20(19)31-12-22(27)29)18-13-32-23(25-18)26-21(28)11-30-16-5-6-17(24)14(2)9-16/h4-7,9-10,13H,3,8,11-12H2,1-2H3,(H,25,26,28). The first-order chi connectivity index (χ1) is 15.4. The molecule has 1 aliphatic heterocycles. The van der Waals surface area contributed by atoms with E-state index in [-0.39, 0.29) is 25.0 Å².